The van der Waals surface area contributed by atoms with Gasteiger partial charge in [0.2, 0.25) is 0 Å². The smallest absolute Gasteiger partial charge is 0.275 e. The van der Waals surface area contributed by atoms with Crippen LogP contribution in [0.3, 0.4) is 0 Å². The summed E-state index contributed by atoms with van der Waals surface area (Å²) in [6.45, 7) is 2.03. The topological polar surface area (TPSA) is 60.7 Å². The molecule has 0 saturated heterocycles. The van der Waals surface area contributed by atoms with Crippen LogP contribution in [0.2, 0.25) is 0 Å². The van der Waals surface area contributed by atoms with E-state index in [1.807, 2.05) is 6.92 Å². The Hall–Kier alpha value is -0.380. The van der Waals surface area contributed by atoms with Crippen LogP contribution >= 0.6 is 0 Å². The molecular weight excluding hydrogens is 192 g/mol. The van der Waals surface area contributed by atoms with Gasteiger partial charge >= 0.3 is 0 Å². The number of allylic oxidation sites excluding steroid dienone is 2. The summed E-state index contributed by atoms with van der Waals surface area (Å²) in [4.78, 5) is 0. The van der Waals surface area contributed by atoms with Crippen LogP contribution in [-0.2, 0) is 0 Å². The molecule has 0 aliphatic heterocycles. The molecule has 15 heavy (non-hydrogen) atoms. The molecule has 3 heteroatoms. The van der Waals surface area contributed by atoms with E-state index in [4.69, 9.17) is 15.3 Å². The van der Waals surface area contributed by atoms with Crippen LogP contribution < -0.4 is 0 Å². The molecule has 0 bridgehead atoms. The maximum atomic E-state index is 8.62. The van der Waals surface area contributed by atoms with Gasteiger partial charge in [-0.1, -0.05) is 37.8 Å². The lowest BCUT2D eigenvalue weighted by Crippen LogP contribution is -2.26. The van der Waals surface area contributed by atoms with Gasteiger partial charge in [-0.15, -0.1) is 0 Å². The minimum Gasteiger partial charge on any atom is -0.344 e. The zero-order valence-electron chi connectivity index (χ0n) is 9.65. The van der Waals surface area contributed by atoms with Gasteiger partial charge in [0.25, 0.3) is 5.97 Å². The minimum absolute atomic E-state index is 0.0472. The Kier molecular flexibility index (Phi) is 8.67. The minimum atomic E-state index is -2.47. The average molecular weight is 216 g/mol. The molecule has 0 heterocycles. The van der Waals surface area contributed by atoms with Crippen molar-refractivity contribution in [3.05, 3.63) is 12.2 Å². The number of rotatable bonds is 9. The third kappa shape index (κ3) is 13.6. The molecule has 0 amide bonds. The maximum absolute atomic E-state index is 8.62. The van der Waals surface area contributed by atoms with Crippen molar-refractivity contribution in [3.8, 4) is 0 Å². The van der Waals surface area contributed by atoms with Gasteiger partial charge in [0.05, 0.1) is 0 Å². The summed E-state index contributed by atoms with van der Waals surface area (Å²) in [7, 11) is 0. The van der Waals surface area contributed by atoms with E-state index < -0.39 is 5.97 Å². The number of aliphatic hydroxyl groups is 3. The quantitative estimate of drug-likeness (QED) is 0.315. The Balaban J connectivity index is 3.05. The van der Waals surface area contributed by atoms with Crippen LogP contribution in [0, 0.1) is 0 Å². The highest BCUT2D eigenvalue weighted by atomic mass is 16.7. The summed E-state index contributed by atoms with van der Waals surface area (Å²) in [6.07, 6.45) is 11.8. The molecule has 0 aromatic rings. The van der Waals surface area contributed by atoms with Crippen molar-refractivity contribution in [2.45, 2.75) is 64.3 Å². The van der Waals surface area contributed by atoms with E-state index in [9.17, 15) is 0 Å². The Morgan fingerprint density at radius 2 is 1.40 bits per heavy atom. The summed E-state index contributed by atoms with van der Waals surface area (Å²) in [6, 6.07) is 0. The van der Waals surface area contributed by atoms with E-state index in [-0.39, 0.29) is 6.42 Å². The second-order valence-corrected chi connectivity index (χ2v) is 4.00. The zero-order chi connectivity index (χ0) is 11.6. The zero-order valence-corrected chi connectivity index (χ0v) is 9.65. The maximum Gasteiger partial charge on any atom is 0.275 e. The second kappa shape index (κ2) is 8.89. The summed E-state index contributed by atoms with van der Waals surface area (Å²) in [5.74, 6) is -2.47. The molecule has 90 valence electrons. The van der Waals surface area contributed by atoms with Crippen molar-refractivity contribution in [3.63, 3.8) is 0 Å². The first kappa shape index (κ1) is 14.6. The lowest BCUT2D eigenvalue weighted by molar-refractivity contribution is -0.315. The van der Waals surface area contributed by atoms with Gasteiger partial charge in [0, 0.05) is 6.42 Å². The van der Waals surface area contributed by atoms with Crippen molar-refractivity contribution in [2.75, 3.05) is 0 Å². The van der Waals surface area contributed by atoms with E-state index in [0.29, 0.717) is 6.42 Å². The summed E-state index contributed by atoms with van der Waals surface area (Å²) >= 11 is 0. The van der Waals surface area contributed by atoms with E-state index >= 15 is 0 Å². The predicted molar refractivity (Wildman–Crippen MR) is 61.1 cm³/mol. The van der Waals surface area contributed by atoms with Crippen molar-refractivity contribution in [1.82, 2.24) is 0 Å². The van der Waals surface area contributed by atoms with Gasteiger partial charge in [-0.05, 0) is 26.2 Å². The Bertz CT molecular complexity index is 159. The van der Waals surface area contributed by atoms with Gasteiger partial charge in [0.1, 0.15) is 0 Å². The van der Waals surface area contributed by atoms with Gasteiger partial charge in [-0.2, -0.15) is 0 Å². The molecular formula is C12H24O3. The molecule has 0 fully saturated rings. The highest BCUT2D eigenvalue weighted by Crippen LogP contribution is 2.12. The fraction of sp³-hybridized carbons (Fsp3) is 0.833. The van der Waals surface area contributed by atoms with E-state index in [0.717, 1.165) is 19.3 Å². The molecule has 3 N–H and O–H groups in total. The second-order valence-electron chi connectivity index (χ2n) is 4.00. The van der Waals surface area contributed by atoms with Gasteiger partial charge < -0.3 is 15.3 Å². The highest BCUT2D eigenvalue weighted by molar-refractivity contribution is 4.76. The van der Waals surface area contributed by atoms with E-state index in [1.54, 1.807) is 0 Å². The molecule has 0 rings (SSSR count). The van der Waals surface area contributed by atoms with Crippen LogP contribution in [-0.4, -0.2) is 21.3 Å². The molecule has 0 saturated carbocycles. The van der Waals surface area contributed by atoms with Crippen molar-refractivity contribution < 1.29 is 15.3 Å². The monoisotopic (exact) mass is 216 g/mol. The van der Waals surface area contributed by atoms with E-state index in [1.165, 1.54) is 19.3 Å². The van der Waals surface area contributed by atoms with Crippen LogP contribution in [0.15, 0.2) is 12.2 Å². The lowest BCUT2D eigenvalue weighted by atomic mass is 10.1. The lowest BCUT2D eigenvalue weighted by Gasteiger charge is -2.12. The van der Waals surface area contributed by atoms with Crippen LogP contribution in [0.5, 0.6) is 0 Å². The molecule has 0 aromatic carbocycles. The fourth-order valence-corrected chi connectivity index (χ4v) is 1.50. The van der Waals surface area contributed by atoms with Crippen molar-refractivity contribution in [1.29, 1.82) is 0 Å². The third-order valence-electron chi connectivity index (χ3n) is 2.37. The first-order chi connectivity index (χ1) is 7.06. The Labute approximate surface area is 92.4 Å². The van der Waals surface area contributed by atoms with Gasteiger partial charge in [-0.25, -0.2) is 0 Å². The summed E-state index contributed by atoms with van der Waals surface area (Å²) in [5.41, 5.74) is 0. The van der Waals surface area contributed by atoms with Crippen LogP contribution in [0.1, 0.15) is 58.3 Å². The molecule has 0 unspecified atom stereocenters. The standard InChI is InChI=1S/C12H24O3/c1-2-3-4-5-6-7-8-9-10-11-12(13,14)15/h2-3,13-15H,4-11H2,1H3. The summed E-state index contributed by atoms with van der Waals surface area (Å²) in [5, 5.41) is 25.9. The van der Waals surface area contributed by atoms with Crippen LogP contribution in [0.25, 0.3) is 0 Å². The molecule has 3 nitrogen and oxygen atoms in total. The largest absolute Gasteiger partial charge is 0.344 e. The molecule has 0 aliphatic carbocycles. The normalized spacial score (nSPS) is 12.5. The molecule has 0 radical (unpaired) electrons. The van der Waals surface area contributed by atoms with Crippen LogP contribution in [0.4, 0.5) is 0 Å². The average Bonchev–Trinajstić information content (AvgIpc) is 2.14. The number of hydrogen-bond acceptors (Lipinski definition) is 3. The van der Waals surface area contributed by atoms with Gasteiger partial charge in [-0.3, -0.25) is 0 Å². The molecule has 0 spiro atoms. The fourth-order valence-electron chi connectivity index (χ4n) is 1.50. The van der Waals surface area contributed by atoms with E-state index in [2.05, 4.69) is 12.2 Å². The molecule has 0 aromatic heterocycles. The SMILES string of the molecule is CC=CCCCCCCCCC(O)(O)O. The number of hydrogen-bond donors (Lipinski definition) is 3. The number of unbranched alkanes of at least 4 members (excludes halogenated alkanes) is 6. The highest BCUT2D eigenvalue weighted by Gasteiger charge is 2.16. The predicted octanol–water partition coefficient (Wildman–Crippen LogP) is 2.31. The summed E-state index contributed by atoms with van der Waals surface area (Å²) < 4.78 is 0. The Morgan fingerprint density at radius 3 is 1.93 bits per heavy atom. The molecule has 0 aliphatic rings. The first-order valence-corrected chi connectivity index (χ1v) is 5.84. The first-order valence-electron chi connectivity index (χ1n) is 5.84. The van der Waals surface area contributed by atoms with Crippen molar-refractivity contribution in [2.24, 2.45) is 0 Å². The third-order valence-corrected chi connectivity index (χ3v) is 2.37. The molecule has 0 atom stereocenters. The van der Waals surface area contributed by atoms with Crippen molar-refractivity contribution >= 4 is 0 Å². The Morgan fingerprint density at radius 1 is 0.867 bits per heavy atom. The van der Waals surface area contributed by atoms with Gasteiger partial charge in [0.15, 0.2) is 0 Å².